The Morgan fingerprint density at radius 1 is 1.52 bits per heavy atom. The number of carboxylic acid groups (broad SMARTS) is 1. The lowest BCUT2D eigenvalue weighted by Gasteiger charge is -2.28. The number of nitrogens with zero attached hydrogens (tertiary/aromatic N) is 3. The first-order chi connectivity index (χ1) is 9.88. The van der Waals surface area contributed by atoms with Crippen LogP contribution in [0, 0.1) is 21.4 Å². The largest absolute Gasteiger partial charge is 0.481 e. The molecule has 0 saturated heterocycles. The zero-order valence-electron chi connectivity index (χ0n) is 11.9. The van der Waals surface area contributed by atoms with Gasteiger partial charge in [0, 0.05) is 19.0 Å². The van der Waals surface area contributed by atoms with Gasteiger partial charge in [0.25, 0.3) is 0 Å². The molecule has 0 saturated carbocycles. The second kappa shape index (κ2) is 7.24. The minimum atomic E-state index is -0.904. The molecule has 0 fully saturated rings. The molecule has 0 unspecified atom stereocenters. The van der Waals surface area contributed by atoms with Crippen molar-refractivity contribution in [1.29, 1.82) is 5.26 Å². The van der Waals surface area contributed by atoms with Gasteiger partial charge >= 0.3 is 11.7 Å². The predicted molar refractivity (Wildman–Crippen MR) is 77.2 cm³/mol. The molecule has 1 aromatic carbocycles. The van der Waals surface area contributed by atoms with Gasteiger partial charge in [-0.05, 0) is 32.4 Å². The number of nitro benzene ring substituents is 1. The standard InChI is InChI=1S/C14H17N3O4/c1-10(2)16(8-4-7-13(18)19)12-6-3-5-11(9-15)14(12)17(20)21/h3,5-6,10H,4,7-8H2,1-2H3,(H,18,19). The molecule has 7 heteroatoms. The van der Waals surface area contributed by atoms with Crippen molar-refractivity contribution in [2.75, 3.05) is 11.4 Å². The molecule has 1 rings (SSSR count). The monoisotopic (exact) mass is 291 g/mol. The molecule has 0 aliphatic carbocycles. The van der Waals surface area contributed by atoms with E-state index in [-0.39, 0.29) is 23.7 Å². The van der Waals surface area contributed by atoms with Gasteiger partial charge in [0.1, 0.15) is 17.3 Å². The van der Waals surface area contributed by atoms with Crippen LogP contribution < -0.4 is 4.90 Å². The Kier molecular flexibility index (Phi) is 5.67. The summed E-state index contributed by atoms with van der Waals surface area (Å²) < 4.78 is 0. The van der Waals surface area contributed by atoms with Gasteiger partial charge in [0.05, 0.1) is 4.92 Å². The maximum absolute atomic E-state index is 11.2. The van der Waals surface area contributed by atoms with Gasteiger partial charge in [-0.3, -0.25) is 14.9 Å². The van der Waals surface area contributed by atoms with Crippen LogP contribution in [0.15, 0.2) is 18.2 Å². The molecule has 112 valence electrons. The molecule has 0 aliphatic rings. The summed E-state index contributed by atoms with van der Waals surface area (Å²) in [5.41, 5.74) is 0.116. The molecular weight excluding hydrogens is 274 g/mol. The van der Waals surface area contributed by atoms with E-state index in [1.54, 1.807) is 17.0 Å². The highest BCUT2D eigenvalue weighted by molar-refractivity contribution is 5.70. The van der Waals surface area contributed by atoms with Gasteiger partial charge in [-0.15, -0.1) is 0 Å². The van der Waals surface area contributed by atoms with Crippen molar-refractivity contribution in [1.82, 2.24) is 0 Å². The third kappa shape index (κ3) is 4.18. The molecule has 0 radical (unpaired) electrons. The third-order valence-electron chi connectivity index (χ3n) is 3.04. The van der Waals surface area contributed by atoms with Crippen LogP contribution in [-0.4, -0.2) is 28.6 Å². The summed E-state index contributed by atoms with van der Waals surface area (Å²) in [6.45, 7) is 4.10. The molecule has 0 aromatic heterocycles. The van der Waals surface area contributed by atoms with Crippen LogP contribution in [0.25, 0.3) is 0 Å². The van der Waals surface area contributed by atoms with Crippen molar-refractivity contribution in [2.45, 2.75) is 32.7 Å². The van der Waals surface area contributed by atoms with Crippen LogP contribution in [0.5, 0.6) is 0 Å². The maximum atomic E-state index is 11.2. The summed E-state index contributed by atoms with van der Waals surface area (Å²) in [7, 11) is 0. The normalized spacial score (nSPS) is 10.2. The number of nitro groups is 1. The van der Waals surface area contributed by atoms with Crippen LogP contribution in [-0.2, 0) is 4.79 Å². The molecule has 7 nitrogen and oxygen atoms in total. The van der Waals surface area contributed by atoms with Crippen LogP contribution in [0.3, 0.4) is 0 Å². The first kappa shape index (κ1) is 16.4. The zero-order valence-corrected chi connectivity index (χ0v) is 11.9. The number of para-hydroxylation sites is 1. The van der Waals surface area contributed by atoms with Gasteiger partial charge in [-0.1, -0.05) is 6.07 Å². The first-order valence-electron chi connectivity index (χ1n) is 6.54. The summed E-state index contributed by atoms with van der Waals surface area (Å²) in [5.74, 6) is -0.904. The van der Waals surface area contributed by atoms with E-state index in [0.717, 1.165) is 0 Å². The van der Waals surface area contributed by atoms with E-state index in [1.165, 1.54) is 6.07 Å². The number of carboxylic acids is 1. The highest BCUT2D eigenvalue weighted by Gasteiger charge is 2.25. The summed E-state index contributed by atoms with van der Waals surface area (Å²) in [6.07, 6.45) is 0.371. The molecule has 21 heavy (non-hydrogen) atoms. The fourth-order valence-electron chi connectivity index (χ4n) is 2.10. The molecule has 0 heterocycles. The second-order valence-electron chi connectivity index (χ2n) is 4.83. The number of benzene rings is 1. The van der Waals surface area contributed by atoms with E-state index < -0.39 is 10.9 Å². The lowest BCUT2D eigenvalue weighted by molar-refractivity contribution is -0.384. The Labute approximate surface area is 122 Å². The van der Waals surface area contributed by atoms with Crippen molar-refractivity contribution in [3.05, 3.63) is 33.9 Å². The Hall–Kier alpha value is -2.62. The minimum absolute atomic E-state index is 0.00128. The van der Waals surface area contributed by atoms with Gasteiger partial charge < -0.3 is 10.0 Å². The number of nitriles is 1. The van der Waals surface area contributed by atoms with E-state index in [4.69, 9.17) is 10.4 Å². The van der Waals surface area contributed by atoms with Gasteiger partial charge in [-0.25, -0.2) is 0 Å². The Balaban J connectivity index is 3.17. The van der Waals surface area contributed by atoms with E-state index >= 15 is 0 Å². The highest BCUT2D eigenvalue weighted by atomic mass is 16.6. The van der Waals surface area contributed by atoms with Crippen molar-refractivity contribution < 1.29 is 14.8 Å². The van der Waals surface area contributed by atoms with Gasteiger partial charge in [-0.2, -0.15) is 5.26 Å². The van der Waals surface area contributed by atoms with Crippen LogP contribution in [0.1, 0.15) is 32.3 Å². The average molecular weight is 291 g/mol. The molecule has 0 bridgehead atoms. The van der Waals surface area contributed by atoms with Crippen LogP contribution >= 0.6 is 0 Å². The summed E-state index contributed by atoms with van der Waals surface area (Å²) in [5, 5.41) is 28.9. The van der Waals surface area contributed by atoms with Crippen molar-refractivity contribution in [3.63, 3.8) is 0 Å². The lowest BCUT2D eigenvalue weighted by atomic mass is 10.1. The molecule has 1 aromatic rings. The zero-order chi connectivity index (χ0) is 16.0. The van der Waals surface area contributed by atoms with Crippen LogP contribution in [0.2, 0.25) is 0 Å². The number of rotatable bonds is 7. The Morgan fingerprint density at radius 3 is 2.67 bits per heavy atom. The number of aliphatic carboxylic acids is 1. The molecule has 0 spiro atoms. The Bertz CT molecular complexity index is 578. The number of hydrogen-bond acceptors (Lipinski definition) is 5. The first-order valence-corrected chi connectivity index (χ1v) is 6.54. The van der Waals surface area contributed by atoms with Crippen molar-refractivity contribution in [2.24, 2.45) is 0 Å². The van der Waals surface area contributed by atoms with Gasteiger partial charge in [0.2, 0.25) is 0 Å². The van der Waals surface area contributed by atoms with E-state index in [2.05, 4.69) is 0 Å². The van der Waals surface area contributed by atoms with Gasteiger partial charge in [0.15, 0.2) is 0 Å². The molecule has 0 amide bonds. The van der Waals surface area contributed by atoms with Crippen molar-refractivity contribution >= 4 is 17.3 Å². The summed E-state index contributed by atoms with van der Waals surface area (Å²) in [6, 6.07) is 6.35. The minimum Gasteiger partial charge on any atom is -0.481 e. The highest BCUT2D eigenvalue weighted by Crippen LogP contribution is 2.32. The van der Waals surface area contributed by atoms with E-state index in [9.17, 15) is 14.9 Å². The molecule has 1 N–H and O–H groups in total. The van der Waals surface area contributed by atoms with E-state index in [0.29, 0.717) is 18.7 Å². The van der Waals surface area contributed by atoms with Crippen molar-refractivity contribution in [3.8, 4) is 6.07 Å². The molecule has 0 atom stereocenters. The fourth-order valence-corrected chi connectivity index (χ4v) is 2.10. The summed E-state index contributed by atoms with van der Waals surface area (Å²) in [4.78, 5) is 23.0. The SMILES string of the molecule is CC(C)N(CCCC(=O)O)c1cccc(C#N)c1[N+](=O)[O-]. The summed E-state index contributed by atoms with van der Waals surface area (Å²) >= 11 is 0. The smallest absolute Gasteiger partial charge is 0.310 e. The number of carbonyl (C=O) groups is 1. The molecular formula is C14H17N3O4. The fraction of sp³-hybridized carbons (Fsp3) is 0.429. The number of hydrogen-bond donors (Lipinski definition) is 1. The maximum Gasteiger partial charge on any atom is 0.310 e. The predicted octanol–water partition coefficient (Wildman–Crippen LogP) is 2.55. The molecule has 0 aliphatic heterocycles. The van der Waals surface area contributed by atoms with Crippen LogP contribution in [0.4, 0.5) is 11.4 Å². The van der Waals surface area contributed by atoms with E-state index in [1.807, 2.05) is 19.9 Å². The third-order valence-corrected chi connectivity index (χ3v) is 3.04. The average Bonchev–Trinajstić information content (AvgIpc) is 2.41. The Morgan fingerprint density at radius 2 is 2.19 bits per heavy atom. The second-order valence-corrected chi connectivity index (χ2v) is 4.83. The lowest BCUT2D eigenvalue weighted by Crippen LogP contribution is -2.32. The number of anilines is 1. The topological polar surface area (TPSA) is 107 Å². The quantitative estimate of drug-likeness (QED) is 0.611.